The molecule has 0 saturated carbocycles. The van der Waals surface area contributed by atoms with Gasteiger partial charge in [0.05, 0.1) is 30.5 Å². The number of pyridine rings is 1. The summed E-state index contributed by atoms with van der Waals surface area (Å²) in [5.41, 5.74) is 1.36. The predicted molar refractivity (Wildman–Crippen MR) is 117 cm³/mol. The summed E-state index contributed by atoms with van der Waals surface area (Å²) < 4.78 is 5.40. The fraction of sp³-hybridized carbons (Fsp3) is 0.500. The maximum atomic E-state index is 12.2. The summed E-state index contributed by atoms with van der Waals surface area (Å²) in [4.78, 5) is 30.2. The lowest BCUT2D eigenvalue weighted by atomic mass is 10.1. The van der Waals surface area contributed by atoms with Crippen LogP contribution in [0.2, 0.25) is 0 Å². The summed E-state index contributed by atoms with van der Waals surface area (Å²) in [5, 5.41) is 10.5. The molecule has 0 radical (unpaired) electrons. The largest absolute Gasteiger partial charge is 0.497 e. The molecule has 3 rings (SSSR count). The Bertz CT molecular complexity index is 915. The highest BCUT2D eigenvalue weighted by Gasteiger charge is 2.37. The minimum atomic E-state index is -0.486. The molecule has 162 valence electrons. The summed E-state index contributed by atoms with van der Waals surface area (Å²) >= 11 is 0. The van der Waals surface area contributed by atoms with Crippen LogP contribution >= 0.6 is 0 Å². The fourth-order valence-corrected chi connectivity index (χ4v) is 3.65. The molecular formula is C22H31N5O3. The van der Waals surface area contributed by atoms with Crippen molar-refractivity contribution in [2.45, 2.75) is 45.3 Å². The Balaban J connectivity index is 1.46. The number of carbonyl (C=O) groups excluding carboxylic acids is 2. The average Bonchev–Trinajstić information content (AvgIpc) is 2.98. The number of hydrogen-bond acceptors (Lipinski definition) is 6. The first-order valence-electron chi connectivity index (χ1n) is 10.3. The van der Waals surface area contributed by atoms with Gasteiger partial charge in [-0.05, 0) is 45.7 Å². The number of hydrogen-bond donors (Lipinski definition) is 3. The number of rotatable bonds is 9. The summed E-state index contributed by atoms with van der Waals surface area (Å²) in [6.07, 6.45) is 3.48. The van der Waals surface area contributed by atoms with Crippen molar-refractivity contribution in [2.75, 3.05) is 32.1 Å². The maximum Gasteiger partial charge on any atom is 0.239 e. The Kier molecular flexibility index (Phi) is 6.77. The quantitative estimate of drug-likeness (QED) is 0.545. The van der Waals surface area contributed by atoms with Crippen molar-refractivity contribution >= 4 is 28.4 Å². The van der Waals surface area contributed by atoms with E-state index < -0.39 is 5.66 Å². The number of aromatic nitrogens is 1. The molecular weight excluding hydrogens is 382 g/mol. The van der Waals surface area contributed by atoms with Crippen LogP contribution in [-0.4, -0.2) is 60.1 Å². The molecule has 8 heteroatoms. The van der Waals surface area contributed by atoms with Gasteiger partial charge in [0.15, 0.2) is 0 Å². The van der Waals surface area contributed by atoms with E-state index in [-0.39, 0.29) is 30.9 Å². The Morgan fingerprint density at radius 3 is 2.90 bits per heavy atom. The van der Waals surface area contributed by atoms with Gasteiger partial charge < -0.3 is 20.3 Å². The number of benzene rings is 1. The molecule has 1 unspecified atom stereocenters. The van der Waals surface area contributed by atoms with E-state index in [0.717, 1.165) is 35.2 Å². The van der Waals surface area contributed by atoms with E-state index in [1.165, 1.54) is 0 Å². The molecule has 0 bridgehead atoms. The molecule has 30 heavy (non-hydrogen) atoms. The number of anilines is 1. The normalized spacial score (nSPS) is 16.5. The van der Waals surface area contributed by atoms with Gasteiger partial charge in [-0.15, -0.1) is 0 Å². The lowest BCUT2D eigenvalue weighted by Crippen LogP contribution is -2.50. The van der Waals surface area contributed by atoms with Crippen LogP contribution in [0, 0.1) is 0 Å². The number of nitrogens with zero attached hydrogens (tertiary/aromatic N) is 2. The minimum Gasteiger partial charge on any atom is -0.497 e. The molecule has 1 aromatic heterocycles. The van der Waals surface area contributed by atoms with Gasteiger partial charge in [-0.2, -0.15) is 0 Å². The van der Waals surface area contributed by atoms with Crippen molar-refractivity contribution in [3.63, 3.8) is 0 Å². The van der Waals surface area contributed by atoms with Crippen LogP contribution in [0.3, 0.4) is 0 Å². The van der Waals surface area contributed by atoms with Gasteiger partial charge in [0.1, 0.15) is 12.3 Å². The molecule has 1 aromatic carbocycles. The highest BCUT2D eigenvalue weighted by molar-refractivity contribution is 5.92. The number of fused-ring (bicyclic) bond motifs is 1. The number of carbonyl (C=O) groups is 2. The number of ether oxygens (including phenoxy) is 1. The lowest BCUT2D eigenvalue weighted by Gasteiger charge is -2.30. The molecule has 0 spiro atoms. The molecule has 1 aliphatic heterocycles. The van der Waals surface area contributed by atoms with E-state index >= 15 is 0 Å². The highest BCUT2D eigenvalue weighted by atomic mass is 16.5. The van der Waals surface area contributed by atoms with E-state index in [1.54, 1.807) is 18.2 Å². The molecule has 1 atom stereocenters. The number of amides is 2. The molecule has 1 saturated heterocycles. The smallest absolute Gasteiger partial charge is 0.239 e. The second kappa shape index (κ2) is 9.30. The molecule has 3 N–H and O–H groups in total. The zero-order valence-electron chi connectivity index (χ0n) is 18.1. The third kappa shape index (κ3) is 5.18. The Morgan fingerprint density at radius 2 is 2.20 bits per heavy atom. The van der Waals surface area contributed by atoms with Crippen LogP contribution < -0.4 is 20.7 Å². The second-order valence-corrected chi connectivity index (χ2v) is 8.18. The lowest BCUT2D eigenvalue weighted by molar-refractivity contribution is -0.135. The topological polar surface area (TPSA) is 95.6 Å². The first kappa shape index (κ1) is 21.8. The molecule has 1 fully saturated rings. The van der Waals surface area contributed by atoms with Crippen LogP contribution in [0.15, 0.2) is 30.5 Å². The zero-order valence-corrected chi connectivity index (χ0v) is 18.1. The Hall–Kier alpha value is -2.87. The van der Waals surface area contributed by atoms with Crippen LogP contribution in [0.25, 0.3) is 10.9 Å². The van der Waals surface area contributed by atoms with Crippen molar-refractivity contribution < 1.29 is 14.3 Å². The van der Waals surface area contributed by atoms with Crippen molar-refractivity contribution in [3.8, 4) is 5.75 Å². The number of methoxy groups -OCH3 is 1. The van der Waals surface area contributed by atoms with Crippen molar-refractivity contribution in [2.24, 2.45) is 0 Å². The number of nitrogens with one attached hydrogen (secondary N) is 3. The summed E-state index contributed by atoms with van der Waals surface area (Å²) in [6, 6.07) is 8.04. The van der Waals surface area contributed by atoms with Crippen LogP contribution in [0.4, 0.5) is 5.69 Å². The zero-order chi connectivity index (χ0) is 21.7. The fourth-order valence-electron chi connectivity index (χ4n) is 3.65. The van der Waals surface area contributed by atoms with Gasteiger partial charge in [-0.1, -0.05) is 6.07 Å². The third-order valence-corrected chi connectivity index (χ3v) is 5.40. The van der Waals surface area contributed by atoms with Crippen LogP contribution in [0.5, 0.6) is 5.75 Å². The van der Waals surface area contributed by atoms with Gasteiger partial charge in [-0.3, -0.25) is 19.9 Å². The molecule has 0 aliphatic carbocycles. The molecule has 2 amide bonds. The van der Waals surface area contributed by atoms with E-state index in [9.17, 15) is 9.59 Å². The molecule has 2 aromatic rings. The first-order valence-corrected chi connectivity index (χ1v) is 10.3. The average molecular weight is 414 g/mol. The predicted octanol–water partition coefficient (Wildman–Crippen LogP) is 2.11. The minimum absolute atomic E-state index is 0.0490. The van der Waals surface area contributed by atoms with Gasteiger partial charge >= 0.3 is 0 Å². The third-order valence-electron chi connectivity index (χ3n) is 5.40. The second-order valence-electron chi connectivity index (χ2n) is 8.18. The van der Waals surface area contributed by atoms with Gasteiger partial charge in [0.25, 0.3) is 0 Å². The van der Waals surface area contributed by atoms with E-state index in [4.69, 9.17) is 4.74 Å². The summed E-state index contributed by atoms with van der Waals surface area (Å²) in [5.74, 6) is 0.599. The van der Waals surface area contributed by atoms with E-state index in [0.29, 0.717) is 6.54 Å². The monoisotopic (exact) mass is 413 g/mol. The maximum absolute atomic E-state index is 12.2. The van der Waals surface area contributed by atoms with Crippen molar-refractivity contribution in [1.29, 1.82) is 0 Å². The standard InChI is InChI=1S/C22H31N5O3/c1-15(26-18-12-17(30-4)11-16-8-6-10-24-21(16)18)7-5-9-23-19(28)14-27-20(29)13-25-22(27,2)3/h6,8,10-12,15,25-26H,5,7,9,13-14H2,1-4H3,(H,23,28). The van der Waals surface area contributed by atoms with Gasteiger partial charge in [-0.25, -0.2) is 0 Å². The molecule has 8 nitrogen and oxygen atoms in total. The Morgan fingerprint density at radius 1 is 1.40 bits per heavy atom. The van der Waals surface area contributed by atoms with Crippen LogP contribution in [-0.2, 0) is 9.59 Å². The van der Waals surface area contributed by atoms with Crippen LogP contribution in [0.1, 0.15) is 33.6 Å². The molecule has 1 aliphatic rings. The van der Waals surface area contributed by atoms with Crippen molar-refractivity contribution in [3.05, 3.63) is 30.5 Å². The highest BCUT2D eigenvalue weighted by Crippen LogP contribution is 2.28. The SMILES string of the molecule is COc1cc(NC(C)CCCNC(=O)CN2C(=O)CNC2(C)C)c2ncccc2c1. The summed E-state index contributed by atoms with van der Waals surface area (Å²) in [6.45, 7) is 6.82. The molecule has 2 heterocycles. The van der Waals surface area contributed by atoms with Crippen molar-refractivity contribution in [1.82, 2.24) is 20.5 Å². The Labute approximate surface area is 177 Å². The van der Waals surface area contributed by atoms with E-state index in [2.05, 4.69) is 27.9 Å². The van der Waals surface area contributed by atoms with Gasteiger partial charge in [0, 0.05) is 30.2 Å². The van der Waals surface area contributed by atoms with E-state index in [1.807, 2.05) is 38.1 Å². The van der Waals surface area contributed by atoms with Gasteiger partial charge in [0.2, 0.25) is 11.8 Å². The first-order chi connectivity index (χ1) is 14.3. The summed E-state index contributed by atoms with van der Waals surface area (Å²) in [7, 11) is 1.65.